The lowest BCUT2D eigenvalue weighted by atomic mass is 9.95. The molecule has 1 heterocycles. The van der Waals surface area contributed by atoms with Crippen molar-refractivity contribution >= 4 is 39.3 Å². The molecular formula is C24H24BrNO5. The van der Waals surface area contributed by atoms with Crippen molar-refractivity contribution in [1.29, 1.82) is 0 Å². The van der Waals surface area contributed by atoms with Gasteiger partial charge in [0, 0.05) is 23.0 Å². The van der Waals surface area contributed by atoms with E-state index in [1.54, 1.807) is 12.1 Å². The number of amides is 1. The second-order valence-corrected chi connectivity index (χ2v) is 8.53. The first-order chi connectivity index (χ1) is 14.8. The van der Waals surface area contributed by atoms with Gasteiger partial charge in [0.1, 0.15) is 5.76 Å². The third-order valence-electron chi connectivity index (χ3n) is 5.34. The van der Waals surface area contributed by atoms with Gasteiger partial charge in [-0.3, -0.25) is 14.4 Å². The number of hydrogen-bond donors (Lipinski definition) is 2. The number of ketones is 1. The normalized spacial score (nSPS) is 17.9. The molecule has 0 aromatic heterocycles. The van der Waals surface area contributed by atoms with Crippen molar-refractivity contribution in [2.24, 2.45) is 0 Å². The fraction of sp³-hybridized carbons (Fsp3) is 0.292. The number of aliphatic carboxylic acids is 1. The molecule has 0 saturated carbocycles. The largest absolute Gasteiger partial charge is 0.507 e. The van der Waals surface area contributed by atoms with Crippen molar-refractivity contribution in [2.45, 2.75) is 38.6 Å². The predicted molar refractivity (Wildman–Crippen MR) is 120 cm³/mol. The highest BCUT2D eigenvalue weighted by Gasteiger charge is 2.45. The first kappa shape index (κ1) is 22.7. The zero-order valence-electron chi connectivity index (χ0n) is 17.2. The number of unbranched alkanes of at least 4 members (excludes halogenated alkanes) is 2. The Bertz CT molecular complexity index is 1010. The summed E-state index contributed by atoms with van der Waals surface area (Å²) in [4.78, 5) is 38.0. The number of nitrogens with zero attached hydrogens (tertiary/aromatic N) is 1. The van der Waals surface area contributed by atoms with Gasteiger partial charge in [-0.15, -0.1) is 0 Å². The lowest BCUT2D eigenvalue weighted by Gasteiger charge is -2.25. The highest BCUT2D eigenvalue weighted by atomic mass is 79.9. The maximum atomic E-state index is 12.9. The van der Waals surface area contributed by atoms with E-state index in [1.165, 1.54) is 4.90 Å². The molecule has 0 spiro atoms. The number of rotatable bonds is 8. The van der Waals surface area contributed by atoms with E-state index in [9.17, 15) is 19.5 Å². The molecule has 1 aliphatic rings. The summed E-state index contributed by atoms with van der Waals surface area (Å²) in [5.41, 5.74) is 2.29. The number of aliphatic hydroxyl groups excluding tert-OH is 1. The smallest absolute Gasteiger partial charge is 0.303 e. The molecule has 2 N–H and O–H groups in total. The molecule has 2 aromatic rings. The lowest BCUT2D eigenvalue weighted by Crippen LogP contribution is -2.30. The van der Waals surface area contributed by atoms with Crippen molar-refractivity contribution in [3.05, 3.63) is 75.3 Å². The molecule has 6 nitrogen and oxygen atoms in total. The first-order valence-electron chi connectivity index (χ1n) is 10.1. The van der Waals surface area contributed by atoms with E-state index in [-0.39, 0.29) is 17.8 Å². The van der Waals surface area contributed by atoms with Crippen LogP contribution in [-0.4, -0.2) is 39.3 Å². The van der Waals surface area contributed by atoms with Gasteiger partial charge >= 0.3 is 5.97 Å². The Labute approximate surface area is 189 Å². The molecule has 2 aromatic carbocycles. The van der Waals surface area contributed by atoms with Crippen LogP contribution in [0.5, 0.6) is 0 Å². The number of benzene rings is 2. The zero-order valence-corrected chi connectivity index (χ0v) is 18.8. The van der Waals surface area contributed by atoms with Crippen LogP contribution < -0.4 is 0 Å². The Balaban J connectivity index is 1.96. The van der Waals surface area contributed by atoms with E-state index in [0.29, 0.717) is 31.4 Å². The minimum Gasteiger partial charge on any atom is -0.507 e. The van der Waals surface area contributed by atoms with Crippen molar-refractivity contribution in [1.82, 2.24) is 4.90 Å². The van der Waals surface area contributed by atoms with Crippen LogP contribution in [0.3, 0.4) is 0 Å². The molecule has 0 radical (unpaired) electrons. The van der Waals surface area contributed by atoms with E-state index in [0.717, 1.165) is 15.6 Å². The number of carbonyl (C=O) groups excluding carboxylic acids is 2. The number of hydrogen-bond acceptors (Lipinski definition) is 4. The van der Waals surface area contributed by atoms with Gasteiger partial charge in [0.15, 0.2) is 0 Å². The van der Waals surface area contributed by atoms with Crippen LogP contribution in [-0.2, 0) is 14.4 Å². The predicted octanol–water partition coefficient (Wildman–Crippen LogP) is 4.82. The fourth-order valence-electron chi connectivity index (χ4n) is 3.70. The average molecular weight is 486 g/mol. The van der Waals surface area contributed by atoms with Crippen molar-refractivity contribution in [3.8, 4) is 0 Å². The number of likely N-dealkylation sites (tertiary alicyclic amines) is 1. The van der Waals surface area contributed by atoms with Gasteiger partial charge in [0.05, 0.1) is 11.6 Å². The number of carboxylic acid groups (broad SMARTS) is 1. The van der Waals surface area contributed by atoms with Crippen LogP contribution >= 0.6 is 15.9 Å². The van der Waals surface area contributed by atoms with Crippen LogP contribution in [0.4, 0.5) is 0 Å². The van der Waals surface area contributed by atoms with E-state index >= 15 is 0 Å². The minimum absolute atomic E-state index is 0.0710. The van der Waals surface area contributed by atoms with E-state index < -0.39 is 23.7 Å². The summed E-state index contributed by atoms with van der Waals surface area (Å²) >= 11 is 3.39. The SMILES string of the molecule is Cc1ccc(/C(O)=C2\C(=O)C(=O)N(CCCCCC(=O)O)C2c2ccc(Br)cc2)cc1. The second-order valence-electron chi connectivity index (χ2n) is 7.61. The number of aliphatic hydroxyl groups is 1. The van der Waals surface area contributed by atoms with Crippen LogP contribution in [0.1, 0.15) is 48.4 Å². The van der Waals surface area contributed by atoms with Gasteiger partial charge in [-0.1, -0.05) is 64.3 Å². The third kappa shape index (κ3) is 5.22. The van der Waals surface area contributed by atoms with Crippen molar-refractivity contribution in [2.75, 3.05) is 6.54 Å². The van der Waals surface area contributed by atoms with Crippen LogP contribution in [0.25, 0.3) is 5.76 Å². The highest BCUT2D eigenvalue weighted by molar-refractivity contribution is 9.10. The monoisotopic (exact) mass is 485 g/mol. The lowest BCUT2D eigenvalue weighted by molar-refractivity contribution is -0.140. The van der Waals surface area contributed by atoms with Gasteiger partial charge in [-0.2, -0.15) is 0 Å². The van der Waals surface area contributed by atoms with Crippen LogP contribution in [0, 0.1) is 6.92 Å². The summed E-state index contributed by atoms with van der Waals surface area (Å²) < 4.78 is 0.861. The molecule has 7 heteroatoms. The van der Waals surface area contributed by atoms with E-state index in [2.05, 4.69) is 15.9 Å². The number of halogens is 1. The zero-order chi connectivity index (χ0) is 22.5. The second kappa shape index (κ2) is 9.92. The van der Waals surface area contributed by atoms with E-state index in [1.807, 2.05) is 43.3 Å². The van der Waals surface area contributed by atoms with Gasteiger partial charge in [-0.25, -0.2) is 0 Å². The first-order valence-corrected chi connectivity index (χ1v) is 10.9. The number of carbonyl (C=O) groups is 3. The molecule has 1 aliphatic heterocycles. The summed E-state index contributed by atoms with van der Waals surface area (Å²) in [5, 5.41) is 19.8. The molecular weight excluding hydrogens is 462 g/mol. The quantitative estimate of drug-likeness (QED) is 0.241. The van der Waals surface area contributed by atoms with Crippen molar-refractivity contribution in [3.63, 3.8) is 0 Å². The Morgan fingerprint density at radius 1 is 0.968 bits per heavy atom. The Kier molecular flexibility index (Phi) is 7.28. The highest BCUT2D eigenvalue weighted by Crippen LogP contribution is 2.39. The average Bonchev–Trinajstić information content (AvgIpc) is 2.99. The molecule has 1 unspecified atom stereocenters. The van der Waals surface area contributed by atoms with Gasteiger partial charge in [0.2, 0.25) is 0 Å². The molecule has 162 valence electrons. The summed E-state index contributed by atoms with van der Waals surface area (Å²) in [7, 11) is 0. The molecule has 3 rings (SSSR count). The molecule has 1 fully saturated rings. The summed E-state index contributed by atoms with van der Waals surface area (Å²) in [6, 6.07) is 13.7. The topological polar surface area (TPSA) is 94.9 Å². The van der Waals surface area contributed by atoms with Crippen LogP contribution in [0.15, 0.2) is 58.6 Å². The third-order valence-corrected chi connectivity index (χ3v) is 5.87. The van der Waals surface area contributed by atoms with E-state index in [4.69, 9.17) is 5.11 Å². The number of carboxylic acids is 1. The molecule has 0 bridgehead atoms. The maximum Gasteiger partial charge on any atom is 0.303 e. The molecule has 31 heavy (non-hydrogen) atoms. The summed E-state index contributed by atoms with van der Waals surface area (Å²) in [6.07, 6.45) is 1.77. The van der Waals surface area contributed by atoms with Gasteiger partial charge in [0.25, 0.3) is 11.7 Å². The van der Waals surface area contributed by atoms with Crippen LogP contribution in [0.2, 0.25) is 0 Å². The van der Waals surface area contributed by atoms with Gasteiger partial charge < -0.3 is 15.1 Å². The maximum absolute atomic E-state index is 12.9. The van der Waals surface area contributed by atoms with Crippen molar-refractivity contribution < 1.29 is 24.6 Å². The molecule has 1 saturated heterocycles. The standard InChI is InChI=1S/C24H24BrNO5/c1-15-6-8-17(9-7-15)22(29)20-21(16-10-12-18(25)13-11-16)26(24(31)23(20)30)14-4-2-3-5-19(27)28/h6-13,21,29H,2-5,14H2,1H3,(H,27,28)/b22-20+. The molecule has 1 atom stereocenters. The minimum atomic E-state index is -0.853. The Hall–Kier alpha value is -2.93. The summed E-state index contributed by atoms with van der Waals surface area (Å²) in [5.74, 6) is -2.41. The fourth-order valence-corrected chi connectivity index (χ4v) is 3.97. The summed E-state index contributed by atoms with van der Waals surface area (Å²) in [6.45, 7) is 2.23. The Morgan fingerprint density at radius 2 is 1.61 bits per heavy atom. The molecule has 0 aliphatic carbocycles. The molecule has 1 amide bonds. The Morgan fingerprint density at radius 3 is 2.23 bits per heavy atom. The van der Waals surface area contributed by atoms with Gasteiger partial charge in [-0.05, 0) is 37.5 Å². The number of Topliss-reactive ketones (excluding diaryl/α,β-unsaturated/α-hetero) is 1. The number of aryl methyl sites for hydroxylation is 1.